The zero-order chi connectivity index (χ0) is 11.3. The Morgan fingerprint density at radius 2 is 2.27 bits per heavy atom. The number of ether oxygens (including phenoxy) is 1. The van der Waals surface area contributed by atoms with Crippen molar-refractivity contribution >= 4 is 17.9 Å². The van der Waals surface area contributed by atoms with Crippen LogP contribution in [-0.2, 0) is 4.74 Å². The first kappa shape index (κ1) is 12.6. The molecule has 1 heterocycles. The first-order valence-corrected chi connectivity index (χ1v) is 6.20. The molecule has 0 aliphatic carbocycles. The predicted molar refractivity (Wildman–Crippen MR) is 61.2 cm³/mol. The molecule has 0 unspecified atom stereocenters. The number of thioether (sulfide) groups is 1. The number of rotatable bonds is 2. The van der Waals surface area contributed by atoms with Gasteiger partial charge in [0, 0.05) is 23.6 Å². The Kier molecular flexibility index (Phi) is 4.73. The van der Waals surface area contributed by atoms with Crippen molar-refractivity contribution in [3.63, 3.8) is 0 Å². The predicted octanol–water partition coefficient (Wildman–Crippen LogP) is 1.33. The maximum Gasteiger partial charge on any atom is 0.409 e. The topological polar surface area (TPSA) is 49.8 Å². The van der Waals surface area contributed by atoms with Crippen molar-refractivity contribution in [2.24, 2.45) is 0 Å². The van der Waals surface area contributed by atoms with Crippen molar-refractivity contribution in [1.29, 1.82) is 0 Å². The number of carbonyl (C=O) groups excluding carboxylic acids is 1. The van der Waals surface area contributed by atoms with Gasteiger partial charge in [0.1, 0.15) is 6.61 Å². The number of amides is 1. The highest BCUT2D eigenvalue weighted by molar-refractivity contribution is 8.00. The zero-order valence-corrected chi connectivity index (χ0v) is 10.2. The van der Waals surface area contributed by atoms with Gasteiger partial charge < -0.3 is 14.7 Å². The average Bonchev–Trinajstić information content (AvgIpc) is 2.36. The van der Waals surface area contributed by atoms with Crippen molar-refractivity contribution in [3.05, 3.63) is 0 Å². The van der Waals surface area contributed by atoms with Crippen molar-refractivity contribution in [2.45, 2.75) is 25.0 Å². The minimum atomic E-state index is -0.303. The number of carbonyl (C=O) groups is 1. The lowest BCUT2D eigenvalue weighted by molar-refractivity contribution is 0.0856. The van der Waals surface area contributed by atoms with E-state index in [2.05, 4.69) is 13.8 Å². The summed E-state index contributed by atoms with van der Waals surface area (Å²) in [6.07, 6.45) is 0.675. The lowest BCUT2D eigenvalue weighted by Gasteiger charge is -2.22. The summed E-state index contributed by atoms with van der Waals surface area (Å²) in [5.74, 6) is 0.946. The third-order valence-electron chi connectivity index (χ3n) is 2.41. The Bertz CT molecular complexity index is 221. The Labute approximate surface area is 95.0 Å². The highest BCUT2D eigenvalue weighted by Crippen LogP contribution is 2.30. The van der Waals surface area contributed by atoms with Gasteiger partial charge in [0.25, 0.3) is 0 Å². The molecule has 0 aromatic heterocycles. The fourth-order valence-corrected chi connectivity index (χ4v) is 2.53. The van der Waals surface area contributed by atoms with Crippen LogP contribution in [-0.4, -0.2) is 52.9 Å². The lowest BCUT2D eigenvalue weighted by Crippen LogP contribution is -2.34. The molecule has 1 N–H and O–H groups in total. The van der Waals surface area contributed by atoms with E-state index >= 15 is 0 Å². The van der Waals surface area contributed by atoms with Gasteiger partial charge in [-0.25, -0.2) is 4.79 Å². The SMILES string of the molecule is CC1(C)CCN(C(=O)OCCO)CCS1. The fraction of sp³-hybridized carbons (Fsp3) is 0.900. The number of nitrogens with zero attached hydrogens (tertiary/aromatic N) is 1. The van der Waals surface area contributed by atoms with Crippen LogP contribution in [0.1, 0.15) is 20.3 Å². The Morgan fingerprint density at radius 3 is 2.93 bits per heavy atom. The van der Waals surface area contributed by atoms with Crippen LogP contribution in [0.3, 0.4) is 0 Å². The molecule has 0 aromatic carbocycles. The standard InChI is InChI=1S/C10H19NO3S/c1-10(2)3-4-11(5-8-15-10)9(13)14-7-6-12/h12H,3-8H2,1-2H3. The van der Waals surface area contributed by atoms with Crippen LogP contribution in [0.25, 0.3) is 0 Å². The Hall–Kier alpha value is -0.420. The van der Waals surface area contributed by atoms with E-state index in [-0.39, 0.29) is 24.1 Å². The van der Waals surface area contributed by atoms with Crippen molar-refractivity contribution < 1.29 is 14.6 Å². The number of aliphatic hydroxyl groups is 1. The van der Waals surface area contributed by atoms with Crippen LogP contribution in [0.4, 0.5) is 4.79 Å². The molecule has 15 heavy (non-hydrogen) atoms. The van der Waals surface area contributed by atoms with Gasteiger partial charge in [-0.2, -0.15) is 11.8 Å². The first-order chi connectivity index (χ1) is 7.05. The summed E-state index contributed by atoms with van der Waals surface area (Å²) in [5.41, 5.74) is 0. The average molecular weight is 233 g/mol. The molecule has 0 atom stereocenters. The number of hydrogen-bond acceptors (Lipinski definition) is 4. The minimum absolute atomic E-state index is 0.0892. The first-order valence-electron chi connectivity index (χ1n) is 5.22. The summed E-state index contributed by atoms with van der Waals surface area (Å²) in [4.78, 5) is 13.2. The summed E-state index contributed by atoms with van der Waals surface area (Å²) >= 11 is 1.89. The zero-order valence-electron chi connectivity index (χ0n) is 9.36. The van der Waals surface area contributed by atoms with Crippen molar-refractivity contribution in [3.8, 4) is 0 Å². The van der Waals surface area contributed by atoms with Crippen LogP contribution in [0.5, 0.6) is 0 Å². The highest BCUT2D eigenvalue weighted by Gasteiger charge is 2.26. The van der Waals surface area contributed by atoms with Gasteiger partial charge in [-0.05, 0) is 6.42 Å². The van der Waals surface area contributed by atoms with Gasteiger partial charge in [-0.1, -0.05) is 13.8 Å². The van der Waals surface area contributed by atoms with E-state index in [1.165, 1.54) is 0 Å². The van der Waals surface area contributed by atoms with E-state index in [0.717, 1.165) is 25.3 Å². The molecule has 0 aromatic rings. The monoisotopic (exact) mass is 233 g/mol. The molecule has 88 valence electrons. The molecular formula is C10H19NO3S. The van der Waals surface area contributed by atoms with Gasteiger partial charge in [0.05, 0.1) is 6.61 Å². The van der Waals surface area contributed by atoms with Crippen LogP contribution in [0.2, 0.25) is 0 Å². The Morgan fingerprint density at radius 1 is 1.53 bits per heavy atom. The van der Waals surface area contributed by atoms with Gasteiger partial charge in [0.15, 0.2) is 0 Å². The molecule has 0 bridgehead atoms. The second-order valence-electron chi connectivity index (χ2n) is 4.18. The van der Waals surface area contributed by atoms with Gasteiger partial charge in [-0.15, -0.1) is 0 Å². The summed E-state index contributed by atoms with van der Waals surface area (Å²) in [6, 6.07) is 0. The number of aliphatic hydroxyl groups excluding tert-OH is 1. The second-order valence-corrected chi connectivity index (χ2v) is 5.99. The van der Waals surface area contributed by atoms with E-state index in [4.69, 9.17) is 9.84 Å². The van der Waals surface area contributed by atoms with Crippen LogP contribution in [0.15, 0.2) is 0 Å². The molecule has 1 saturated heterocycles. The highest BCUT2D eigenvalue weighted by atomic mass is 32.2. The summed E-state index contributed by atoms with van der Waals surface area (Å²) < 4.78 is 5.12. The molecule has 0 saturated carbocycles. The van der Waals surface area contributed by atoms with Gasteiger partial charge in [-0.3, -0.25) is 0 Å². The quantitative estimate of drug-likeness (QED) is 0.782. The maximum atomic E-state index is 11.5. The van der Waals surface area contributed by atoms with E-state index in [1.54, 1.807) is 4.90 Å². The van der Waals surface area contributed by atoms with E-state index < -0.39 is 0 Å². The number of hydrogen-bond donors (Lipinski definition) is 1. The minimum Gasteiger partial charge on any atom is -0.447 e. The van der Waals surface area contributed by atoms with Gasteiger partial charge in [0.2, 0.25) is 0 Å². The van der Waals surface area contributed by atoms with Crippen LogP contribution in [0, 0.1) is 0 Å². The lowest BCUT2D eigenvalue weighted by atomic mass is 10.1. The largest absolute Gasteiger partial charge is 0.447 e. The third-order valence-corrected chi connectivity index (χ3v) is 3.79. The molecule has 0 radical (unpaired) electrons. The summed E-state index contributed by atoms with van der Waals surface area (Å²) in [6.45, 7) is 5.84. The molecule has 1 aliphatic rings. The normalized spacial score (nSPS) is 20.9. The van der Waals surface area contributed by atoms with Crippen LogP contribution >= 0.6 is 11.8 Å². The molecule has 1 amide bonds. The molecular weight excluding hydrogens is 214 g/mol. The van der Waals surface area contributed by atoms with E-state index in [1.807, 2.05) is 11.8 Å². The van der Waals surface area contributed by atoms with Crippen LogP contribution < -0.4 is 0 Å². The molecule has 4 nitrogen and oxygen atoms in total. The summed E-state index contributed by atoms with van der Waals surface area (Å²) in [5, 5.41) is 8.55. The van der Waals surface area contributed by atoms with Crippen molar-refractivity contribution in [1.82, 2.24) is 4.90 Å². The molecule has 0 spiro atoms. The fourth-order valence-electron chi connectivity index (χ4n) is 1.43. The molecule has 1 aliphatic heterocycles. The molecule has 1 rings (SSSR count). The van der Waals surface area contributed by atoms with Gasteiger partial charge >= 0.3 is 6.09 Å². The second kappa shape index (κ2) is 5.61. The van der Waals surface area contributed by atoms with E-state index in [0.29, 0.717) is 0 Å². The third kappa shape index (κ3) is 4.30. The van der Waals surface area contributed by atoms with E-state index in [9.17, 15) is 4.79 Å². The maximum absolute atomic E-state index is 11.5. The summed E-state index contributed by atoms with van der Waals surface area (Å²) in [7, 11) is 0. The smallest absolute Gasteiger partial charge is 0.409 e. The van der Waals surface area contributed by atoms with Crippen molar-refractivity contribution in [2.75, 3.05) is 32.1 Å². The Balaban J connectivity index is 2.40. The molecule has 5 heteroatoms. The molecule has 1 fully saturated rings.